The zero-order chi connectivity index (χ0) is 19.4. The number of rotatable bonds is 5. The number of fused-ring (bicyclic) bond motifs is 1. The van der Waals surface area contributed by atoms with Gasteiger partial charge in [-0.1, -0.05) is 6.42 Å². The molecule has 2 aromatic heterocycles. The first-order chi connectivity index (χ1) is 13.0. The molecule has 1 aliphatic carbocycles. The third kappa shape index (κ3) is 4.39. The van der Waals surface area contributed by atoms with Gasteiger partial charge in [0.1, 0.15) is 10.8 Å². The first-order valence-corrected chi connectivity index (χ1v) is 9.57. The van der Waals surface area contributed by atoms with Crippen molar-refractivity contribution >= 4 is 34.2 Å². The van der Waals surface area contributed by atoms with E-state index >= 15 is 0 Å². The van der Waals surface area contributed by atoms with Gasteiger partial charge in [-0.3, -0.25) is 4.79 Å². The zero-order valence-electron chi connectivity index (χ0n) is 15.3. The molecule has 0 radical (unpaired) electrons. The molecule has 0 aliphatic heterocycles. The summed E-state index contributed by atoms with van der Waals surface area (Å²) in [7, 11) is 1.32. The van der Waals surface area contributed by atoms with Crippen molar-refractivity contribution in [2.24, 2.45) is 0 Å². The van der Waals surface area contributed by atoms with Gasteiger partial charge in [-0.05, 0) is 50.3 Å². The Morgan fingerprint density at radius 2 is 1.93 bits per heavy atom. The zero-order valence-corrected chi connectivity index (χ0v) is 16.1. The maximum atomic E-state index is 12.2. The predicted molar refractivity (Wildman–Crippen MR) is 99.3 cm³/mol. The van der Waals surface area contributed by atoms with Crippen LogP contribution >= 0.6 is 11.3 Å². The second-order valence-electron chi connectivity index (χ2n) is 6.29. The molecular weight excluding hydrogens is 370 g/mol. The molecule has 0 bridgehead atoms. The van der Waals surface area contributed by atoms with Crippen molar-refractivity contribution in [1.82, 2.24) is 0 Å². The Morgan fingerprint density at radius 3 is 2.63 bits per heavy atom. The standard InChI is InChI=1S/C19H21NO6S/c1-11-8-9-13(26-11)18(22)25-10-15(21)20-17-16(19(23)24-2)12-6-4-3-5-7-14(12)27-17/h8-9H,3-7,10H2,1-2H3,(H,20,21). The molecular formula is C19H21NO6S. The predicted octanol–water partition coefficient (Wildman–Crippen LogP) is 3.50. The van der Waals surface area contributed by atoms with Gasteiger partial charge in [-0.15, -0.1) is 11.3 Å². The summed E-state index contributed by atoms with van der Waals surface area (Å²) in [6.07, 6.45) is 4.85. The highest BCUT2D eigenvalue weighted by Crippen LogP contribution is 2.37. The van der Waals surface area contributed by atoms with Crippen LogP contribution in [0.15, 0.2) is 16.5 Å². The molecule has 1 aliphatic rings. The van der Waals surface area contributed by atoms with Crippen molar-refractivity contribution in [1.29, 1.82) is 0 Å². The summed E-state index contributed by atoms with van der Waals surface area (Å²) in [5.41, 5.74) is 1.38. The van der Waals surface area contributed by atoms with Gasteiger partial charge in [0.2, 0.25) is 5.76 Å². The number of methoxy groups -OCH3 is 1. The van der Waals surface area contributed by atoms with E-state index in [2.05, 4.69) is 5.32 Å². The van der Waals surface area contributed by atoms with Gasteiger partial charge >= 0.3 is 11.9 Å². The lowest BCUT2D eigenvalue weighted by Gasteiger charge is -2.07. The second-order valence-corrected chi connectivity index (χ2v) is 7.40. The Bertz CT molecular complexity index is 866. The fourth-order valence-corrected chi connectivity index (χ4v) is 4.35. The van der Waals surface area contributed by atoms with Crippen LogP contribution in [0.3, 0.4) is 0 Å². The van der Waals surface area contributed by atoms with Crippen molar-refractivity contribution in [3.63, 3.8) is 0 Å². The van der Waals surface area contributed by atoms with E-state index in [0.717, 1.165) is 42.5 Å². The topological polar surface area (TPSA) is 94.8 Å². The number of ether oxygens (including phenoxy) is 2. The first-order valence-electron chi connectivity index (χ1n) is 8.76. The van der Waals surface area contributed by atoms with Gasteiger partial charge in [0.25, 0.3) is 5.91 Å². The number of anilines is 1. The summed E-state index contributed by atoms with van der Waals surface area (Å²) in [6, 6.07) is 3.12. The Labute approximate surface area is 160 Å². The van der Waals surface area contributed by atoms with E-state index in [4.69, 9.17) is 13.9 Å². The molecule has 0 fully saturated rings. The number of thiophene rings is 1. The molecule has 1 N–H and O–H groups in total. The van der Waals surface area contributed by atoms with E-state index in [1.165, 1.54) is 24.5 Å². The smallest absolute Gasteiger partial charge is 0.374 e. The summed E-state index contributed by atoms with van der Waals surface area (Å²) in [5.74, 6) is -1.08. The molecule has 0 saturated heterocycles. The Morgan fingerprint density at radius 1 is 1.15 bits per heavy atom. The monoisotopic (exact) mass is 391 g/mol. The van der Waals surface area contributed by atoms with Crippen LogP contribution in [0.2, 0.25) is 0 Å². The number of nitrogens with one attached hydrogen (secondary N) is 1. The molecule has 8 heteroatoms. The second kappa shape index (κ2) is 8.39. The average molecular weight is 391 g/mol. The van der Waals surface area contributed by atoms with Crippen LogP contribution in [-0.2, 0) is 27.1 Å². The number of amides is 1. The number of aryl methyl sites for hydroxylation is 2. The molecule has 0 atom stereocenters. The molecule has 27 heavy (non-hydrogen) atoms. The molecule has 2 heterocycles. The van der Waals surface area contributed by atoms with Crippen LogP contribution in [0.5, 0.6) is 0 Å². The van der Waals surface area contributed by atoms with Gasteiger partial charge in [0, 0.05) is 4.88 Å². The molecule has 0 unspecified atom stereocenters. The van der Waals surface area contributed by atoms with Gasteiger partial charge in [0.15, 0.2) is 6.61 Å². The van der Waals surface area contributed by atoms with Crippen LogP contribution in [0.25, 0.3) is 0 Å². The minimum absolute atomic E-state index is 0.0402. The highest BCUT2D eigenvalue weighted by molar-refractivity contribution is 7.17. The van der Waals surface area contributed by atoms with Crippen molar-refractivity contribution in [3.05, 3.63) is 39.7 Å². The number of hydrogen-bond acceptors (Lipinski definition) is 7. The van der Waals surface area contributed by atoms with Crippen molar-refractivity contribution < 1.29 is 28.3 Å². The lowest BCUT2D eigenvalue weighted by molar-refractivity contribution is -0.119. The van der Waals surface area contributed by atoms with Gasteiger partial charge in [-0.25, -0.2) is 9.59 Å². The SMILES string of the molecule is COC(=O)c1c(NC(=O)COC(=O)c2ccc(C)o2)sc2c1CCCCC2. The normalized spacial score (nSPS) is 13.4. The molecule has 0 spiro atoms. The summed E-state index contributed by atoms with van der Waals surface area (Å²) in [5, 5.41) is 3.13. The fourth-order valence-electron chi connectivity index (χ4n) is 3.06. The van der Waals surface area contributed by atoms with E-state index in [1.807, 2.05) is 0 Å². The van der Waals surface area contributed by atoms with Gasteiger partial charge in [-0.2, -0.15) is 0 Å². The molecule has 3 rings (SSSR count). The summed E-state index contributed by atoms with van der Waals surface area (Å²) >= 11 is 1.39. The minimum atomic E-state index is -0.714. The lowest BCUT2D eigenvalue weighted by Crippen LogP contribution is -2.21. The van der Waals surface area contributed by atoms with E-state index in [-0.39, 0.29) is 5.76 Å². The number of hydrogen-bond donors (Lipinski definition) is 1. The molecule has 1 amide bonds. The van der Waals surface area contributed by atoms with Crippen molar-refractivity contribution in [3.8, 4) is 0 Å². The van der Waals surface area contributed by atoms with Crippen LogP contribution < -0.4 is 5.32 Å². The molecule has 144 valence electrons. The van der Waals surface area contributed by atoms with Crippen LogP contribution in [-0.4, -0.2) is 31.6 Å². The maximum Gasteiger partial charge on any atom is 0.374 e. The van der Waals surface area contributed by atoms with Crippen LogP contribution in [0, 0.1) is 6.92 Å². The average Bonchev–Trinajstić information content (AvgIpc) is 3.15. The highest BCUT2D eigenvalue weighted by Gasteiger charge is 2.26. The largest absolute Gasteiger partial charge is 0.465 e. The van der Waals surface area contributed by atoms with E-state index in [1.54, 1.807) is 13.0 Å². The van der Waals surface area contributed by atoms with E-state index in [0.29, 0.717) is 16.3 Å². The number of carbonyl (C=O) groups is 3. The van der Waals surface area contributed by atoms with Crippen molar-refractivity contribution in [2.45, 2.75) is 39.0 Å². The maximum absolute atomic E-state index is 12.2. The number of carbonyl (C=O) groups excluding carboxylic acids is 3. The van der Waals surface area contributed by atoms with Crippen LogP contribution in [0.4, 0.5) is 5.00 Å². The molecule has 2 aromatic rings. The van der Waals surface area contributed by atoms with Gasteiger partial charge < -0.3 is 19.2 Å². The summed E-state index contributed by atoms with van der Waals surface area (Å²) in [6.45, 7) is 1.24. The molecule has 7 nitrogen and oxygen atoms in total. The highest BCUT2D eigenvalue weighted by atomic mass is 32.1. The summed E-state index contributed by atoms with van der Waals surface area (Å²) in [4.78, 5) is 37.5. The van der Waals surface area contributed by atoms with Crippen molar-refractivity contribution in [2.75, 3.05) is 19.0 Å². The van der Waals surface area contributed by atoms with E-state index < -0.39 is 24.5 Å². The third-order valence-corrected chi connectivity index (χ3v) is 5.55. The first kappa shape index (κ1) is 19.2. The lowest BCUT2D eigenvalue weighted by atomic mass is 10.1. The third-order valence-electron chi connectivity index (χ3n) is 4.34. The minimum Gasteiger partial charge on any atom is -0.465 e. The van der Waals surface area contributed by atoms with Gasteiger partial charge in [0.05, 0.1) is 12.7 Å². The Hall–Kier alpha value is -2.61. The number of furan rings is 1. The van der Waals surface area contributed by atoms with Crippen LogP contribution in [0.1, 0.15) is 56.4 Å². The fraction of sp³-hybridized carbons (Fsp3) is 0.421. The van der Waals surface area contributed by atoms with E-state index in [9.17, 15) is 14.4 Å². The Balaban J connectivity index is 1.70. The molecule has 0 aromatic carbocycles. The quantitative estimate of drug-likeness (QED) is 0.619. The number of esters is 2. The summed E-state index contributed by atoms with van der Waals surface area (Å²) < 4.78 is 15.0. The Kier molecular flexibility index (Phi) is 5.95. The molecule has 0 saturated carbocycles.